The lowest BCUT2D eigenvalue weighted by atomic mass is 9.93. The van der Waals surface area contributed by atoms with Crippen molar-refractivity contribution < 1.29 is 4.39 Å². The van der Waals surface area contributed by atoms with Gasteiger partial charge in [-0.25, -0.2) is 4.39 Å². The van der Waals surface area contributed by atoms with Gasteiger partial charge in [0.2, 0.25) is 0 Å². The number of hydrogen-bond donors (Lipinski definition) is 1. The van der Waals surface area contributed by atoms with Gasteiger partial charge in [0.25, 0.3) is 0 Å². The maximum absolute atomic E-state index is 14.1. The van der Waals surface area contributed by atoms with E-state index >= 15 is 0 Å². The van der Waals surface area contributed by atoms with E-state index in [1.165, 1.54) is 6.07 Å². The molecular weight excluding hydrogens is 263 g/mol. The lowest BCUT2D eigenvalue weighted by molar-refractivity contribution is 0.555. The predicted octanol–water partition coefficient (Wildman–Crippen LogP) is 3.91. The minimum Gasteiger partial charge on any atom is -0.324 e. The van der Waals surface area contributed by atoms with Crippen molar-refractivity contribution in [3.05, 3.63) is 52.1 Å². The van der Waals surface area contributed by atoms with Crippen LogP contribution in [0.2, 0.25) is 5.02 Å². The molecule has 1 unspecified atom stereocenters. The van der Waals surface area contributed by atoms with Crippen molar-refractivity contribution >= 4 is 11.6 Å². The van der Waals surface area contributed by atoms with E-state index in [9.17, 15) is 4.39 Å². The number of rotatable bonds is 1. The quantitative estimate of drug-likeness (QED) is 0.842. The fourth-order valence-electron chi connectivity index (χ4n) is 2.93. The van der Waals surface area contributed by atoms with Gasteiger partial charge in [0, 0.05) is 22.5 Å². The highest BCUT2D eigenvalue weighted by molar-refractivity contribution is 6.30. The zero-order valence-corrected chi connectivity index (χ0v) is 11.5. The molecule has 1 heterocycles. The number of aryl methyl sites for hydroxylation is 1. The monoisotopic (exact) mass is 278 g/mol. The summed E-state index contributed by atoms with van der Waals surface area (Å²) < 4.78 is 16.1. The van der Waals surface area contributed by atoms with Gasteiger partial charge in [0.15, 0.2) is 0 Å². The molecule has 0 amide bonds. The van der Waals surface area contributed by atoms with Crippen LogP contribution in [0.3, 0.4) is 0 Å². The first-order valence-electron chi connectivity index (χ1n) is 6.50. The second kappa shape index (κ2) is 4.66. The first-order chi connectivity index (χ1) is 9.08. The standard InChI is InChI=1S/C15H16ClFN2/c1-9-7-11-13(18)3-2-4-14(11)19(9)15-6-5-10(16)8-12(15)17/h5-8,13H,2-4,18H2,1H3. The number of halogens is 2. The van der Waals surface area contributed by atoms with E-state index in [2.05, 4.69) is 6.07 Å². The summed E-state index contributed by atoms with van der Waals surface area (Å²) in [5, 5.41) is 0.414. The molecule has 1 aromatic heterocycles. The van der Waals surface area contributed by atoms with Crippen molar-refractivity contribution in [1.29, 1.82) is 0 Å². The summed E-state index contributed by atoms with van der Waals surface area (Å²) in [6.07, 6.45) is 2.99. The van der Waals surface area contributed by atoms with E-state index in [0.717, 1.165) is 36.2 Å². The summed E-state index contributed by atoms with van der Waals surface area (Å²) in [5.41, 5.74) is 10.00. The highest BCUT2D eigenvalue weighted by atomic mass is 35.5. The number of nitrogens with zero attached hydrogens (tertiary/aromatic N) is 1. The average Bonchev–Trinajstić information content (AvgIpc) is 2.68. The van der Waals surface area contributed by atoms with Crippen molar-refractivity contribution in [2.24, 2.45) is 5.73 Å². The molecule has 1 atom stereocenters. The lowest BCUT2D eigenvalue weighted by Crippen LogP contribution is -2.18. The van der Waals surface area contributed by atoms with E-state index < -0.39 is 0 Å². The molecule has 2 N–H and O–H groups in total. The van der Waals surface area contributed by atoms with Crippen LogP contribution in [-0.2, 0) is 6.42 Å². The molecule has 1 aliphatic carbocycles. The van der Waals surface area contributed by atoms with Crippen LogP contribution in [-0.4, -0.2) is 4.57 Å². The Balaban J connectivity index is 2.20. The van der Waals surface area contributed by atoms with Gasteiger partial charge in [0.05, 0.1) is 5.69 Å². The zero-order valence-electron chi connectivity index (χ0n) is 10.8. The third-order valence-corrected chi connectivity index (χ3v) is 4.03. The largest absolute Gasteiger partial charge is 0.324 e. The predicted molar refractivity (Wildman–Crippen MR) is 75.3 cm³/mol. The summed E-state index contributed by atoms with van der Waals surface area (Å²) in [7, 11) is 0. The van der Waals surface area contributed by atoms with Crippen LogP contribution in [0.25, 0.3) is 5.69 Å². The van der Waals surface area contributed by atoms with E-state index in [1.54, 1.807) is 12.1 Å². The summed E-state index contributed by atoms with van der Waals surface area (Å²) in [6, 6.07) is 6.94. The number of benzene rings is 1. The van der Waals surface area contributed by atoms with Gasteiger partial charge in [-0.15, -0.1) is 0 Å². The molecule has 0 saturated heterocycles. The van der Waals surface area contributed by atoms with Crippen LogP contribution < -0.4 is 5.73 Å². The molecule has 4 heteroatoms. The fraction of sp³-hybridized carbons (Fsp3) is 0.333. The average molecular weight is 279 g/mol. The van der Waals surface area contributed by atoms with Crippen LogP contribution in [0.1, 0.15) is 35.8 Å². The molecule has 0 fully saturated rings. The summed E-state index contributed by atoms with van der Waals surface area (Å²) in [6.45, 7) is 1.99. The Bertz CT molecular complexity index is 633. The second-order valence-corrected chi connectivity index (χ2v) is 5.55. The molecule has 3 rings (SSSR count). The van der Waals surface area contributed by atoms with Crippen LogP contribution in [0.15, 0.2) is 24.3 Å². The van der Waals surface area contributed by atoms with Crippen LogP contribution in [0, 0.1) is 12.7 Å². The maximum Gasteiger partial charge on any atom is 0.148 e. The first-order valence-corrected chi connectivity index (χ1v) is 6.88. The summed E-state index contributed by atoms with van der Waals surface area (Å²) in [5.74, 6) is -0.298. The van der Waals surface area contributed by atoms with Gasteiger partial charge < -0.3 is 10.3 Å². The van der Waals surface area contributed by atoms with Crippen molar-refractivity contribution in [3.8, 4) is 5.69 Å². The van der Waals surface area contributed by atoms with Gasteiger partial charge in [-0.2, -0.15) is 0 Å². The van der Waals surface area contributed by atoms with E-state index in [1.807, 2.05) is 11.5 Å². The minimum absolute atomic E-state index is 0.0686. The Morgan fingerprint density at radius 1 is 1.37 bits per heavy atom. The van der Waals surface area contributed by atoms with Crippen LogP contribution in [0.4, 0.5) is 4.39 Å². The van der Waals surface area contributed by atoms with E-state index in [4.69, 9.17) is 17.3 Å². The smallest absolute Gasteiger partial charge is 0.148 e. The molecule has 0 aliphatic heterocycles. The normalized spacial score (nSPS) is 18.4. The number of fused-ring (bicyclic) bond motifs is 1. The Labute approximate surface area is 117 Å². The van der Waals surface area contributed by atoms with Crippen molar-refractivity contribution in [2.75, 3.05) is 0 Å². The molecule has 100 valence electrons. The van der Waals surface area contributed by atoms with Crippen LogP contribution in [0.5, 0.6) is 0 Å². The number of hydrogen-bond acceptors (Lipinski definition) is 1. The lowest BCUT2D eigenvalue weighted by Gasteiger charge is -2.21. The van der Waals surface area contributed by atoms with Crippen molar-refractivity contribution in [1.82, 2.24) is 4.57 Å². The molecule has 0 bridgehead atoms. The van der Waals surface area contributed by atoms with E-state index in [-0.39, 0.29) is 11.9 Å². The molecule has 2 nitrogen and oxygen atoms in total. The third kappa shape index (κ3) is 2.07. The molecule has 0 spiro atoms. The van der Waals surface area contributed by atoms with Gasteiger partial charge in [0.1, 0.15) is 5.82 Å². The third-order valence-electron chi connectivity index (χ3n) is 3.80. The Morgan fingerprint density at radius 3 is 2.89 bits per heavy atom. The highest BCUT2D eigenvalue weighted by Gasteiger charge is 2.23. The minimum atomic E-state index is -0.298. The van der Waals surface area contributed by atoms with Crippen LogP contribution >= 0.6 is 11.6 Å². The Morgan fingerprint density at radius 2 is 2.16 bits per heavy atom. The van der Waals surface area contributed by atoms with E-state index in [0.29, 0.717) is 10.7 Å². The van der Waals surface area contributed by atoms with Crippen molar-refractivity contribution in [2.45, 2.75) is 32.2 Å². The van der Waals surface area contributed by atoms with Crippen molar-refractivity contribution in [3.63, 3.8) is 0 Å². The van der Waals surface area contributed by atoms with Gasteiger partial charge >= 0.3 is 0 Å². The molecule has 0 saturated carbocycles. The Kier molecular flexibility index (Phi) is 3.11. The second-order valence-electron chi connectivity index (χ2n) is 5.12. The molecule has 19 heavy (non-hydrogen) atoms. The maximum atomic E-state index is 14.1. The topological polar surface area (TPSA) is 30.9 Å². The summed E-state index contributed by atoms with van der Waals surface area (Å²) >= 11 is 5.82. The molecule has 1 aliphatic rings. The molecule has 1 aromatic carbocycles. The number of nitrogens with two attached hydrogens (primary N) is 1. The highest BCUT2D eigenvalue weighted by Crippen LogP contribution is 2.33. The summed E-state index contributed by atoms with van der Waals surface area (Å²) in [4.78, 5) is 0. The van der Waals surface area contributed by atoms with Gasteiger partial charge in [-0.3, -0.25) is 0 Å². The number of aromatic nitrogens is 1. The van der Waals surface area contributed by atoms with Gasteiger partial charge in [-0.1, -0.05) is 11.6 Å². The van der Waals surface area contributed by atoms with Gasteiger partial charge in [-0.05, 0) is 56.0 Å². The fourth-order valence-corrected chi connectivity index (χ4v) is 3.09. The zero-order chi connectivity index (χ0) is 13.6. The molecule has 0 radical (unpaired) electrons. The first kappa shape index (κ1) is 12.7. The Hall–Kier alpha value is -1.32. The SMILES string of the molecule is Cc1cc2c(n1-c1ccc(Cl)cc1F)CCCC2N. The molecular formula is C15H16ClFN2. The molecule has 2 aromatic rings.